The van der Waals surface area contributed by atoms with Gasteiger partial charge in [0.1, 0.15) is 5.75 Å². The SMILES string of the molecule is CCOc1ccc(SCC(=O)NCc2cccc(S(=O)(=O)N3CCCCC3)c2)cc1. The fraction of sp³-hybridized carbons (Fsp3) is 0.409. The predicted molar refractivity (Wildman–Crippen MR) is 119 cm³/mol. The van der Waals surface area contributed by atoms with E-state index in [-0.39, 0.29) is 5.91 Å². The van der Waals surface area contributed by atoms with Crippen LogP contribution in [0.2, 0.25) is 0 Å². The van der Waals surface area contributed by atoms with Gasteiger partial charge in [0.25, 0.3) is 0 Å². The third-order valence-electron chi connectivity index (χ3n) is 4.85. The second-order valence-corrected chi connectivity index (χ2v) is 10.1. The molecule has 1 saturated heterocycles. The van der Waals surface area contributed by atoms with Gasteiger partial charge in [-0.3, -0.25) is 4.79 Å². The molecule has 1 heterocycles. The highest BCUT2D eigenvalue weighted by Gasteiger charge is 2.25. The van der Waals surface area contributed by atoms with Crippen molar-refractivity contribution in [3.8, 4) is 5.75 Å². The smallest absolute Gasteiger partial charge is 0.243 e. The van der Waals surface area contributed by atoms with Crippen molar-refractivity contribution in [2.75, 3.05) is 25.4 Å². The highest BCUT2D eigenvalue weighted by molar-refractivity contribution is 8.00. The highest BCUT2D eigenvalue weighted by Crippen LogP contribution is 2.22. The van der Waals surface area contributed by atoms with E-state index in [1.165, 1.54) is 11.8 Å². The second kappa shape index (κ2) is 10.8. The fourth-order valence-corrected chi connectivity index (χ4v) is 5.59. The van der Waals surface area contributed by atoms with Crippen LogP contribution in [0.3, 0.4) is 0 Å². The highest BCUT2D eigenvalue weighted by atomic mass is 32.2. The van der Waals surface area contributed by atoms with E-state index in [4.69, 9.17) is 4.74 Å². The van der Waals surface area contributed by atoms with Crippen LogP contribution in [0.1, 0.15) is 31.7 Å². The van der Waals surface area contributed by atoms with Gasteiger partial charge in [0.15, 0.2) is 0 Å². The Balaban J connectivity index is 1.51. The van der Waals surface area contributed by atoms with Gasteiger partial charge in [0.2, 0.25) is 15.9 Å². The van der Waals surface area contributed by atoms with Crippen LogP contribution in [0.5, 0.6) is 5.75 Å². The topological polar surface area (TPSA) is 75.7 Å². The molecule has 1 aliphatic rings. The zero-order valence-corrected chi connectivity index (χ0v) is 18.8. The van der Waals surface area contributed by atoms with Crippen LogP contribution < -0.4 is 10.1 Å². The van der Waals surface area contributed by atoms with E-state index in [0.717, 1.165) is 35.5 Å². The molecule has 0 bridgehead atoms. The maximum Gasteiger partial charge on any atom is 0.243 e. The van der Waals surface area contributed by atoms with E-state index < -0.39 is 10.0 Å². The van der Waals surface area contributed by atoms with Crippen molar-refractivity contribution < 1.29 is 17.9 Å². The number of carbonyl (C=O) groups is 1. The van der Waals surface area contributed by atoms with Crippen LogP contribution >= 0.6 is 11.8 Å². The minimum Gasteiger partial charge on any atom is -0.494 e. The van der Waals surface area contributed by atoms with Crippen LogP contribution in [0.15, 0.2) is 58.3 Å². The van der Waals surface area contributed by atoms with Crippen molar-refractivity contribution >= 4 is 27.7 Å². The summed E-state index contributed by atoms with van der Waals surface area (Å²) < 4.78 is 32.6. The number of rotatable bonds is 9. The Bertz CT molecular complexity index is 940. The van der Waals surface area contributed by atoms with Gasteiger partial charge >= 0.3 is 0 Å². The Hall–Kier alpha value is -2.03. The van der Waals surface area contributed by atoms with Crippen molar-refractivity contribution in [2.24, 2.45) is 0 Å². The first-order valence-electron chi connectivity index (χ1n) is 10.2. The summed E-state index contributed by atoms with van der Waals surface area (Å²) in [6.07, 6.45) is 2.88. The third kappa shape index (κ3) is 6.23. The fourth-order valence-electron chi connectivity index (χ4n) is 3.27. The van der Waals surface area contributed by atoms with E-state index in [0.29, 0.717) is 36.9 Å². The summed E-state index contributed by atoms with van der Waals surface area (Å²) in [5.41, 5.74) is 0.771. The largest absolute Gasteiger partial charge is 0.494 e. The number of sulfonamides is 1. The molecule has 162 valence electrons. The van der Waals surface area contributed by atoms with Gasteiger partial charge in [0.05, 0.1) is 17.3 Å². The summed E-state index contributed by atoms with van der Waals surface area (Å²) in [7, 11) is -3.47. The van der Waals surface area contributed by atoms with E-state index in [2.05, 4.69) is 5.32 Å². The second-order valence-electron chi connectivity index (χ2n) is 7.08. The molecule has 0 unspecified atom stereocenters. The molecule has 0 aliphatic carbocycles. The first-order valence-corrected chi connectivity index (χ1v) is 12.6. The van der Waals surface area contributed by atoms with Crippen LogP contribution in [0, 0.1) is 0 Å². The zero-order chi connectivity index (χ0) is 21.4. The molecule has 1 N–H and O–H groups in total. The predicted octanol–water partition coefficient (Wildman–Crippen LogP) is 3.67. The molecule has 1 amide bonds. The number of nitrogens with zero attached hydrogens (tertiary/aromatic N) is 1. The normalized spacial score (nSPS) is 15.0. The summed E-state index contributed by atoms with van der Waals surface area (Å²) >= 11 is 1.45. The van der Waals surface area contributed by atoms with Gasteiger partial charge in [0, 0.05) is 24.5 Å². The molecule has 1 aliphatic heterocycles. The molecule has 2 aromatic rings. The van der Waals surface area contributed by atoms with E-state index in [1.807, 2.05) is 37.3 Å². The molecule has 0 spiro atoms. The van der Waals surface area contributed by atoms with Crippen molar-refractivity contribution in [1.82, 2.24) is 9.62 Å². The summed E-state index contributed by atoms with van der Waals surface area (Å²) in [6, 6.07) is 14.5. The van der Waals surface area contributed by atoms with Crippen LogP contribution in [0.4, 0.5) is 0 Å². The first kappa shape index (κ1) is 22.7. The van der Waals surface area contributed by atoms with E-state index in [1.54, 1.807) is 22.5 Å². The number of benzene rings is 2. The maximum atomic E-state index is 12.8. The summed E-state index contributed by atoms with van der Waals surface area (Å²) in [4.78, 5) is 13.5. The van der Waals surface area contributed by atoms with Gasteiger partial charge in [-0.2, -0.15) is 4.31 Å². The minimum absolute atomic E-state index is 0.0989. The standard InChI is InChI=1S/C22H28N2O4S2/c1-2-28-19-9-11-20(12-10-19)29-17-22(25)23-16-18-7-6-8-21(15-18)30(26,27)24-13-4-3-5-14-24/h6-12,15H,2-5,13-14,16-17H2,1H3,(H,23,25). The first-order chi connectivity index (χ1) is 14.5. The molecule has 1 fully saturated rings. The van der Waals surface area contributed by atoms with Crippen LogP contribution in [0.25, 0.3) is 0 Å². The van der Waals surface area contributed by atoms with Gasteiger partial charge in [-0.05, 0) is 61.7 Å². The molecule has 8 heteroatoms. The van der Waals surface area contributed by atoms with Crippen LogP contribution in [-0.2, 0) is 21.4 Å². The quantitative estimate of drug-likeness (QED) is 0.593. The van der Waals surface area contributed by atoms with Crippen LogP contribution in [-0.4, -0.2) is 44.1 Å². The number of hydrogen-bond donors (Lipinski definition) is 1. The number of nitrogens with one attached hydrogen (secondary N) is 1. The molecular weight excluding hydrogens is 420 g/mol. The van der Waals surface area contributed by atoms with Gasteiger partial charge in [-0.15, -0.1) is 11.8 Å². The Morgan fingerprint density at radius 3 is 2.53 bits per heavy atom. The van der Waals surface area contributed by atoms with Crippen molar-refractivity contribution in [3.63, 3.8) is 0 Å². The average molecular weight is 449 g/mol. The number of hydrogen-bond acceptors (Lipinski definition) is 5. The number of carbonyl (C=O) groups excluding carboxylic acids is 1. The average Bonchev–Trinajstić information content (AvgIpc) is 2.78. The Labute approximate surface area is 183 Å². The maximum absolute atomic E-state index is 12.8. The van der Waals surface area contributed by atoms with Gasteiger partial charge < -0.3 is 10.1 Å². The Kier molecular flexibility index (Phi) is 8.18. The Morgan fingerprint density at radius 2 is 1.83 bits per heavy atom. The van der Waals surface area contributed by atoms with Gasteiger partial charge in [-0.25, -0.2) is 8.42 Å². The number of amides is 1. The lowest BCUT2D eigenvalue weighted by molar-refractivity contribution is -0.118. The third-order valence-corrected chi connectivity index (χ3v) is 7.75. The minimum atomic E-state index is -3.47. The summed E-state index contributed by atoms with van der Waals surface area (Å²) in [5.74, 6) is 1.00. The molecule has 30 heavy (non-hydrogen) atoms. The Morgan fingerprint density at radius 1 is 1.10 bits per heavy atom. The lowest BCUT2D eigenvalue weighted by Gasteiger charge is -2.26. The monoisotopic (exact) mass is 448 g/mol. The molecule has 0 atom stereocenters. The van der Waals surface area contributed by atoms with Crippen molar-refractivity contribution in [1.29, 1.82) is 0 Å². The van der Waals surface area contributed by atoms with Crippen molar-refractivity contribution in [3.05, 3.63) is 54.1 Å². The number of ether oxygens (including phenoxy) is 1. The lowest BCUT2D eigenvalue weighted by atomic mass is 10.2. The number of thioether (sulfide) groups is 1. The van der Waals surface area contributed by atoms with Gasteiger partial charge in [-0.1, -0.05) is 18.6 Å². The van der Waals surface area contributed by atoms with E-state index >= 15 is 0 Å². The summed E-state index contributed by atoms with van der Waals surface area (Å²) in [5, 5.41) is 2.87. The molecule has 0 aromatic heterocycles. The number of piperidine rings is 1. The summed E-state index contributed by atoms with van der Waals surface area (Å²) in [6.45, 7) is 4.01. The molecular formula is C22H28N2O4S2. The molecule has 6 nitrogen and oxygen atoms in total. The zero-order valence-electron chi connectivity index (χ0n) is 17.2. The molecule has 2 aromatic carbocycles. The van der Waals surface area contributed by atoms with E-state index in [9.17, 15) is 13.2 Å². The molecule has 0 saturated carbocycles. The molecule has 3 rings (SSSR count). The molecule has 0 radical (unpaired) electrons. The lowest BCUT2D eigenvalue weighted by Crippen LogP contribution is -2.35. The van der Waals surface area contributed by atoms with Crippen molar-refractivity contribution in [2.45, 2.75) is 42.5 Å².